The summed E-state index contributed by atoms with van der Waals surface area (Å²) in [4.78, 5) is 15.2. The molecule has 2 aromatic carbocycles. The van der Waals surface area contributed by atoms with Gasteiger partial charge in [0.1, 0.15) is 5.75 Å². The number of hydrogen-bond acceptors (Lipinski definition) is 7. The van der Waals surface area contributed by atoms with E-state index in [2.05, 4.69) is 46.4 Å². The van der Waals surface area contributed by atoms with Crippen LogP contribution in [0.4, 0.5) is 5.69 Å². The Morgan fingerprint density at radius 1 is 1.17 bits per heavy atom. The average molecular weight is 422 g/mol. The van der Waals surface area contributed by atoms with Crippen LogP contribution in [-0.4, -0.2) is 43.4 Å². The maximum atomic E-state index is 13.1. The molecule has 4 rings (SSSR count). The monoisotopic (exact) mass is 421 g/mol. The molecule has 0 fully saturated rings. The van der Waals surface area contributed by atoms with E-state index in [0.717, 1.165) is 11.4 Å². The summed E-state index contributed by atoms with van der Waals surface area (Å²) in [5.41, 5.74) is 3.77. The Hall–Kier alpha value is -3.13. The largest absolute Gasteiger partial charge is 0.508 e. The number of ketones is 1. The number of carbonyl (C=O) groups excluding carboxylic acids is 1. The summed E-state index contributed by atoms with van der Waals surface area (Å²) in [6.07, 6.45) is 1.74. The van der Waals surface area contributed by atoms with Crippen molar-refractivity contribution in [2.24, 2.45) is 0 Å². The van der Waals surface area contributed by atoms with Crippen molar-refractivity contribution in [1.29, 1.82) is 0 Å². The van der Waals surface area contributed by atoms with Gasteiger partial charge >= 0.3 is 0 Å². The van der Waals surface area contributed by atoms with Crippen molar-refractivity contribution in [3.63, 3.8) is 0 Å². The molecule has 0 aliphatic carbocycles. The maximum Gasteiger partial charge on any atom is 0.214 e. The lowest BCUT2D eigenvalue weighted by Gasteiger charge is -2.24. The fraction of sp³-hybridized carbons (Fsp3) is 0.273. The topological polar surface area (TPSA) is 84.1 Å². The van der Waals surface area contributed by atoms with Gasteiger partial charge in [0.15, 0.2) is 5.78 Å². The second-order valence-electron chi connectivity index (χ2n) is 7.78. The molecule has 0 spiro atoms. The number of carbonyl (C=O) groups is 1. The highest BCUT2D eigenvalue weighted by molar-refractivity contribution is 8.00. The van der Waals surface area contributed by atoms with Crippen LogP contribution in [0.1, 0.15) is 26.3 Å². The number of anilines is 1. The van der Waals surface area contributed by atoms with E-state index in [1.807, 2.05) is 26.1 Å². The second-order valence-corrected chi connectivity index (χ2v) is 9.09. The summed E-state index contributed by atoms with van der Waals surface area (Å²) in [6.45, 7) is 6.13. The molecule has 0 saturated heterocycles. The van der Waals surface area contributed by atoms with Crippen LogP contribution in [-0.2, 0) is 10.2 Å². The lowest BCUT2D eigenvalue weighted by Crippen LogP contribution is -2.25. The first-order chi connectivity index (χ1) is 14.3. The van der Waals surface area contributed by atoms with E-state index in [1.54, 1.807) is 35.0 Å². The van der Waals surface area contributed by atoms with Crippen molar-refractivity contribution in [1.82, 2.24) is 20.2 Å². The van der Waals surface area contributed by atoms with E-state index in [0.29, 0.717) is 10.8 Å². The lowest BCUT2D eigenvalue weighted by atomic mass is 9.83. The highest BCUT2D eigenvalue weighted by Crippen LogP contribution is 2.46. The van der Waals surface area contributed by atoms with E-state index in [1.165, 1.54) is 17.3 Å². The molecule has 30 heavy (non-hydrogen) atoms. The Morgan fingerprint density at radius 3 is 2.57 bits per heavy atom. The summed E-state index contributed by atoms with van der Waals surface area (Å²) in [5, 5.41) is 21.5. The van der Waals surface area contributed by atoms with Crippen LogP contribution in [0.2, 0.25) is 0 Å². The summed E-state index contributed by atoms with van der Waals surface area (Å²) < 4.78 is 1.56. The molecule has 0 saturated carbocycles. The minimum atomic E-state index is -0.368. The Morgan fingerprint density at radius 2 is 1.87 bits per heavy atom. The molecule has 0 bridgehead atoms. The smallest absolute Gasteiger partial charge is 0.214 e. The van der Waals surface area contributed by atoms with Crippen molar-refractivity contribution in [3.8, 4) is 11.4 Å². The number of likely N-dealkylation sites (N-methyl/N-ethyl adjacent to an activating group) is 1. The van der Waals surface area contributed by atoms with Crippen LogP contribution < -0.4 is 4.90 Å². The van der Waals surface area contributed by atoms with Crippen molar-refractivity contribution >= 4 is 23.2 Å². The highest BCUT2D eigenvalue weighted by atomic mass is 32.2. The van der Waals surface area contributed by atoms with Gasteiger partial charge in [0, 0.05) is 29.9 Å². The Bertz CT molecular complexity index is 1120. The highest BCUT2D eigenvalue weighted by Gasteiger charge is 2.38. The fourth-order valence-electron chi connectivity index (χ4n) is 3.74. The molecule has 0 radical (unpaired) electrons. The number of benzene rings is 2. The van der Waals surface area contributed by atoms with Gasteiger partial charge in [-0.05, 0) is 53.2 Å². The number of aromatic hydroxyl groups is 1. The van der Waals surface area contributed by atoms with Crippen LogP contribution in [0.5, 0.6) is 5.75 Å². The summed E-state index contributed by atoms with van der Waals surface area (Å²) in [6, 6.07) is 14.8. The zero-order valence-electron chi connectivity index (χ0n) is 17.3. The van der Waals surface area contributed by atoms with E-state index in [9.17, 15) is 9.90 Å². The molecule has 1 unspecified atom stereocenters. The third-order valence-electron chi connectivity index (χ3n) is 5.44. The Balaban J connectivity index is 1.56. The van der Waals surface area contributed by atoms with Crippen LogP contribution in [0.25, 0.3) is 5.69 Å². The molecular formula is C22H23N5O2S. The minimum Gasteiger partial charge on any atom is -0.508 e. The maximum absolute atomic E-state index is 13.1. The number of tetrazole rings is 1. The number of para-hydroxylation sites is 1. The zero-order valence-corrected chi connectivity index (χ0v) is 18.1. The summed E-state index contributed by atoms with van der Waals surface area (Å²) >= 11 is 1.30. The zero-order chi connectivity index (χ0) is 21.5. The summed E-state index contributed by atoms with van der Waals surface area (Å²) in [5.74, 6) is 0.170. The van der Waals surface area contributed by atoms with Crippen LogP contribution in [0.3, 0.4) is 0 Å². The van der Waals surface area contributed by atoms with Crippen molar-refractivity contribution in [2.75, 3.05) is 11.9 Å². The molecular weight excluding hydrogens is 398 g/mol. The van der Waals surface area contributed by atoms with Crippen molar-refractivity contribution in [2.45, 2.75) is 36.6 Å². The van der Waals surface area contributed by atoms with Gasteiger partial charge in [-0.2, -0.15) is 4.68 Å². The minimum absolute atomic E-state index is 0.00277. The third-order valence-corrected chi connectivity index (χ3v) is 6.49. The molecule has 1 atom stereocenters. The molecule has 1 aromatic heterocycles. The quantitative estimate of drug-likeness (QED) is 0.496. The standard InChI is InChI=1S/C22H23N5O2S/c1-14(30-21-23-24-25-27(21)15-9-11-16(28)12-10-15)19(29)13-20-22(2,3)17-7-5-6-8-18(17)26(20)4/h5-14,28H,1-4H3/b20-13-. The first-order valence-electron chi connectivity index (χ1n) is 9.62. The molecule has 3 aromatic rings. The van der Waals surface area contributed by atoms with Gasteiger partial charge in [-0.15, -0.1) is 5.10 Å². The number of allylic oxidation sites excluding steroid dienone is 2. The van der Waals surface area contributed by atoms with Gasteiger partial charge < -0.3 is 10.0 Å². The number of phenols is 1. The van der Waals surface area contributed by atoms with Gasteiger partial charge in [0.05, 0.1) is 10.9 Å². The van der Waals surface area contributed by atoms with Crippen molar-refractivity contribution in [3.05, 3.63) is 65.9 Å². The molecule has 8 heteroatoms. The predicted molar refractivity (Wildman–Crippen MR) is 117 cm³/mol. The predicted octanol–water partition coefficient (Wildman–Crippen LogP) is 3.73. The number of nitrogens with zero attached hydrogens (tertiary/aromatic N) is 5. The Labute approximate surface area is 179 Å². The number of fused-ring (bicyclic) bond motifs is 1. The van der Waals surface area contributed by atoms with Crippen LogP contribution in [0.15, 0.2) is 65.5 Å². The molecule has 2 heterocycles. The number of aromatic nitrogens is 4. The second kappa shape index (κ2) is 7.60. The molecule has 154 valence electrons. The number of phenolic OH excluding ortho intramolecular Hbond substituents is 1. The number of hydrogen-bond donors (Lipinski definition) is 1. The molecule has 1 N–H and O–H groups in total. The molecule has 7 nitrogen and oxygen atoms in total. The van der Waals surface area contributed by atoms with E-state index in [4.69, 9.17) is 0 Å². The molecule has 1 aliphatic heterocycles. The van der Waals surface area contributed by atoms with Crippen LogP contribution in [0, 0.1) is 0 Å². The van der Waals surface area contributed by atoms with Gasteiger partial charge in [0.25, 0.3) is 0 Å². The van der Waals surface area contributed by atoms with E-state index < -0.39 is 0 Å². The third kappa shape index (κ3) is 3.47. The number of rotatable bonds is 5. The van der Waals surface area contributed by atoms with Gasteiger partial charge in [-0.25, -0.2) is 0 Å². The molecule has 1 aliphatic rings. The molecule has 0 amide bonds. The van der Waals surface area contributed by atoms with E-state index >= 15 is 0 Å². The first kappa shape index (κ1) is 20.2. The van der Waals surface area contributed by atoms with E-state index in [-0.39, 0.29) is 22.2 Å². The number of thioether (sulfide) groups is 1. The van der Waals surface area contributed by atoms with Gasteiger partial charge in [-0.3, -0.25) is 4.79 Å². The van der Waals surface area contributed by atoms with Gasteiger partial charge in [-0.1, -0.05) is 43.8 Å². The summed E-state index contributed by atoms with van der Waals surface area (Å²) in [7, 11) is 2.00. The lowest BCUT2D eigenvalue weighted by molar-refractivity contribution is -0.114. The Kier molecular flexibility index (Phi) is 5.11. The fourth-order valence-corrected chi connectivity index (χ4v) is 4.56. The SMILES string of the molecule is CC(Sc1nnnn1-c1ccc(O)cc1)C(=O)/C=C1\N(C)c2ccccc2C1(C)C. The average Bonchev–Trinajstić information content (AvgIpc) is 3.26. The van der Waals surface area contributed by atoms with Gasteiger partial charge in [0.2, 0.25) is 5.16 Å². The van der Waals surface area contributed by atoms with Crippen molar-refractivity contribution < 1.29 is 9.90 Å². The van der Waals surface area contributed by atoms with Crippen LogP contribution >= 0.6 is 11.8 Å². The normalized spacial score (nSPS) is 17.2. The first-order valence-corrected chi connectivity index (χ1v) is 10.5.